The van der Waals surface area contributed by atoms with Crippen LogP contribution in [-0.4, -0.2) is 6.21 Å². The number of allylic oxidation sites excluding steroid dienone is 4. The van der Waals surface area contributed by atoms with Gasteiger partial charge in [-0.3, -0.25) is 4.99 Å². The fourth-order valence-electron chi connectivity index (χ4n) is 3.56. The maximum absolute atomic E-state index is 4.77. The fraction of sp³-hybridized carbons (Fsp3) is 0.261. The molecular formula is C23H25N. The molecule has 1 aliphatic carbocycles. The SMILES string of the molecule is CC1=CC=CC1c1ccccc1CC=Nc1c(C)cc(C)cc1C. The summed E-state index contributed by atoms with van der Waals surface area (Å²) in [7, 11) is 0. The van der Waals surface area contributed by atoms with Gasteiger partial charge in [-0.2, -0.15) is 0 Å². The van der Waals surface area contributed by atoms with Crippen LogP contribution in [0.1, 0.15) is 40.7 Å². The van der Waals surface area contributed by atoms with Crippen LogP contribution >= 0.6 is 0 Å². The first-order valence-electron chi connectivity index (χ1n) is 8.59. The molecule has 0 spiro atoms. The number of hydrogen-bond acceptors (Lipinski definition) is 1. The first-order chi connectivity index (χ1) is 11.6. The van der Waals surface area contributed by atoms with Crippen molar-refractivity contribution in [1.82, 2.24) is 0 Å². The van der Waals surface area contributed by atoms with Gasteiger partial charge in [0.25, 0.3) is 0 Å². The topological polar surface area (TPSA) is 12.4 Å². The van der Waals surface area contributed by atoms with Crippen LogP contribution in [0.4, 0.5) is 5.69 Å². The van der Waals surface area contributed by atoms with Gasteiger partial charge in [-0.05, 0) is 49.9 Å². The summed E-state index contributed by atoms with van der Waals surface area (Å²) in [6, 6.07) is 13.1. The second-order valence-electron chi connectivity index (χ2n) is 6.74. The molecular weight excluding hydrogens is 290 g/mol. The van der Waals surface area contributed by atoms with E-state index in [1.54, 1.807) is 0 Å². The summed E-state index contributed by atoms with van der Waals surface area (Å²) in [5, 5.41) is 0. The third-order valence-corrected chi connectivity index (χ3v) is 4.71. The Bertz CT molecular complexity index is 814. The second kappa shape index (κ2) is 7.00. The molecule has 1 atom stereocenters. The molecule has 0 bridgehead atoms. The lowest BCUT2D eigenvalue weighted by atomic mass is 9.90. The average Bonchev–Trinajstić information content (AvgIpc) is 2.96. The molecule has 1 nitrogen and oxygen atoms in total. The predicted octanol–water partition coefficient (Wildman–Crippen LogP) is 6.16. The highest BCUT2D eigenvalue weighted by Gasteiger charge is 2.15. The predicted molar refractivity (Wildman–Crippen MR) is 105 cm³/mol. The van der Waals surface area contributed by atoms with Gasteiger partial charge in [-0.25, -0.2) is 0 Å². The van der Waals surface area contributed by atoms with E-state index in [4.69, 9.17) is 4.99 Å². The van der Waals surface area contributed by atoms with Crippen LogP contribution in [-0.2, 0) is 6.42 Å². The highest BCUT2D eigenvalue weighted by Crippen LogP contribution is 2.32. The van der Waals surface area contributed by atoms with E-state index in [1.165, 1.54) is 33.4 Å². The highest BCUT2D eigenvalue weighted by molar-refractivity contribution is 5.70. The highest BCUT2D eigenvalue weighted by atomic mass is 14.7. The minimum atomic E-state index is 0.414. The summed E-state index contributed by atoms with van der Waals surface area (Å²) in [5.41, 5.74) is 9.05. The van der Waals surface area contributed by atoms with Crippen molar-refractivity contribution in [3.8, 4) is 0 Å². The number of benzene rings is 2. The molecule has 0 heterocycles. The lowest BCUT2D eigenvalue weighted by Crippen LogP contribution is -2.01. The Hall–Kier alpha value is -2.41. The van der Waals surface area contributed by atoms with Crippen LogP contribution in [0.5, 0.6) is 0 Å². The van der Waals surface area contributed by atoms with Crippen molar-refractivity contribution in [2.45, 2.75) is 40.0 Å². The molecule has 0 radical (unpaired) electrons. The van der Waals surface area contributed by atoms with Gasteiger partial charge >= 0.3 is 0 Å². The van der Waals surface area contributed by atoms with Crippen LogP contribution < -0.4 is 0 Å². The van der Waals surface area contributed by atoms with Crippen molar-refractivity contribution in [1.29, 1.82) is 0 Å². The second-order valence-corrected chi connectivity index (χ2v) is 6.74. The van der Waals surface area contributed by atoms with Gasteiger partial charge in [0.1, 0.15) is 0 Å². The van der Waals surface area contributed by atoms with E-state index in [0.29, 0.717) is 5.92 Å². The maximum atomic E-state index is 4.77. The molecule has 1 heteroatoms. The number of aryl methyl sites for hydroxylation is 3. The van der Waals surface area contributed by atoms with Crippen LogP contribution in [0.15, 0.2) is 65.2 Å². The third-order valence-electron chi connectivity index (χ3n) is 4.71. The Morgan fingerprint density at radius 3 is 2.38 bits per heavy atom. The summed E-state index contributed by atoms with van der Waals surface area (Å²) < 4.78 is 0. The van der Waals surface area contributed by atoms with Crippen molar-refractivity contribution in [2.24, 2.45) is 4.99 Å². The minimum absolute atomic E-state index is 0.414. The standard InChI is InChI=1S/C23H25N/c1-16-14-18(3)23(19(4)15-16)24-13-12-20-9-5-6-10-22(20)21-11-7-8-17(21)2/h5-11,13-15,21H,12H2,1-4H3. The zero-order chi connectivity index (χ0) is 17.1. The van der Waals surface area contributed by atoms with Gasteiger partial charge in [-0.15, -0.1) is 0 Å². The van der Waals surface area contributed by atoms with Gasteiger partial charge in [0.2, 0.25) is 0 Å². The Labute approximate surface area is 145 Å². The smallest absolute Gasteiger partial charge is 0.0684 e. The Balaban J connectivity index is 1.83. The van der Waals surface area contributed by atoms with Crippen LogP contribution in [0, 0.1) is 20.8 Å². The Morgan fingerprint density at radius 2 is 1.71 bits per heavy atom. The fourth-order valence-corrected chi connectivity index (χ4v) is 3.56. The summed E-state index contributed by atoms with van der Waals surface area (Å²) >= 11 is 0. The van der Waals surface area contributed by atoms with E-state index in [0.717, 1.165) is 12.1 Å². The molecule has 0 N–H and O–H groups in total. The summed E-state index contributed by atoms with van der Waals surface area (Å²) in [5.74, 6) is 0.414. The van der Waals surface area contributed by atoms with Crippen molar-refractivity contribution < 1.29 is 0 Å². The van der Waals surface area contributed by atoms with Gasteiger partial charge in [0.05, 0.1) is 5.69 Å². The average molecular weight is 315 g/mol. The summed E-state index contributed by atoms with van der Waals surface area (Å²) in [6.07, 6.45) is 9.56. The number of aliphatic imine (C=N–C) groups is 1. The van der Waals surface area contributed by atoms with E-state index in [1.807, 2.05) is 0 Å². The van der Waals surface area contributed by atoms with E-state index >= 15 is 0 Å². The lowest BCUT2D eigenvalue weighted by molar-refractivity contribution is 0.988. The monoisotopic (exact) mass is 315 g/mol. The van der Waals surface area contributed by atoms with Gasteiger partial charge in [0.15, 0.2) is 0 Å². The molecule has 2 aromatic carbocycles. The summed E-state index contributed by atoms with van der Waals surface area (Å²) in [6.45, 7) is 8.61. The molecule has 1 aliphatic rings. The molecule has 0 saturated carbocycles. The number of rotatable bonds is 4. The summed E-state index contributed by atoms with van der Waals surface area (Å²) in [4.78, 5) is 4.77. The first-order valence-corrected chi connectivity index (χ1v) is 8.59. The molecule has 1 unspecified atom stereocenters. The van der Waals surface area contributed by atoms with Crippen molar-refractivity contribution >= 4 is 11.9 Å². The molecule has 0 amide bonds. The molecule has 0 aliphatic heterocycles. The van der Waals surface area contributed by atoms with Crippen LogP contribution in [0.3, 0.4) is 0 Å². The maximum Gasteiger partial charge on any atom is 0.0684 e. The number of hydrogen-bond donors (Lipinski definition) is 0. The third kappa shape index (κ3) is 3.41. The Morgan fingerprint density at radius 1 is 1.00 bits per heavy atom. The van der Waals surface area contributed by atoms with E-state index in [9.17, 15) is 0 Å². The molecule has 0 fully saturated rings. The van der Waals surface area contributed by atoms with E-state index in [-0.39, 0.29) is 0 Å². The molecule has 0 saturated heterocycles. The molecule has 3 rings (SSSR count). The zero-order valence-electron chi connectivity index (χ0n) is 15.0. The number of nitrogens with zero attached hydrogens (tertiary/aromatic N) is 1. The van der Waals surface area contributed by atoms with Gasteiger partial charge < -0.3 is 0 Å². The normalized spacial score (nSPS) is 16.8. The van der Waals surface area contributed by atoms with Crippen LogP contribution in [0.25, 0.3) is 0 Å². The first kappa shape index (κ1) is 16.4. The quantitative estimate of drug-likeness (QED) is 0.599. The molecule has 2 aromatic rings. The van der Waals surface area contributed by atoms with E-state index in [2.05, 4.69) is 88.5 Å². The molecule has 122 valence electrons. The van der Waals surface area contributed by atoms with Gasteiger partial charge in [0, 0.05) is 18.6 Å². The zero-order valence-corrected chi connectivity index (χ0v) is 15.0. The molecule has 0 aromatic heterocycles. The van der Waals surface area contributed by atoms with Crippen molar-refractivity contribution in [2.75, 3.05) is 0 Å². The lowest BCUT2D eigenvalue weighted by Gasteiger charge is -2.15. The Kier molecular flexibility index (Phi) is 4.80. The van der Waals surface area contributed by atoms with Crippen molar-refractivity contribution in [3.63, 3.8) is 0 Å². The van der Waals surface area contributed by atoms with Crippen LogP contribution in [0.2, 0.25) is 0 Å². The largest absolute Gasteiger partial charge is 0.260 e. The van der Waals surface area contributed by atoms with Gasteiger partial charge in [-0.1, -0.05) is 65.8 Å². The van der Waals surface area contributed by atoms with Crippen molar-refractivity contribution in [3.05, 3.63) is 88.0 Å². The molecule has 24 heavy (non-hydrogen) atoms. The minimum Gasteiger partial charge on any atom is -0.260 e. The van der Waals surface area contributed by atoms with E-state index < -0.39 is 0 Å².